The van der Waals surface area contributed by atoms with Crippen molar-refractivity contribution in [1.29, 1.82) is 0 Å². The molecule has 6 radical (unpaired) electrons. The molecule has 3 aromatic rings. The van der Waals surface area contributed by atoms with E-state index in [0.717, 1.165) is 5.56 Å². The normalized spacial score (nSPS) is 15.9. The Morgan fingerprint density at radius 3 is 2.79 bits per heavy atom. The van der Waals surface area contributed by atoms with E-state index >= 15 is 0 Å². The van der Waals surface area contributed by atoms with Crippen LogP contribution in [0.25, 0.3) is 11.4 Å². The Bertz CT molecular complexity index is 1060. The molecule has 3 heterocycles. The van der Waals surface area contributed by atoms with Crippen LogP contribution >= 0.6 is 0 Å². The highest BCUT2D eigenvalue weighted by molar-refractivity contribution is 6.58. The number of ether oxygens (including phenoxy) is 1. The van der Waals surface area contributed by atoms with Crippen LogP contribution in [0.5, 0.6) is 5.75 Å². The van der Waals surface area contributed by atoms with E-state index in [1.807, 2.05) is 6.07 Å². The van der Waals surface area contributed by atoms with Gasteiger partial charge < -0.3 is 14.6 Å². The third-order valence-corrected chi connectivity index (χ3v) is 4.41. The monoisotopic (exact) mass is 369 g/mol. The van der Waals surface area contributed by atoms with E-state index in [0.29, 0.717) is 29.2 Å². The molecule has 1 N–H and O–H groups in total. The number of amides is 1. The van der Waals surface area contributed by atoms with Gasteiger partial charge in [0, 0.05) is 24.4 Å². The van der Waals surface area contributed by atoms with E-state index < -0.39 is 5.11 Å². The number of nitrogens with one attached hydrogen (secondary N) is 1. The topological polar surface area (TPSA) is 95.1 Å². The Morgan fingerprint density at radius 2 is 2.14 bits per heavy atom. The Morgan fingerprint density at radius 1 is 1.36 bits per heavy atom. The SMILES string of the molecule is [B]C([B])([B])c1nc(-c2ccc3c(c2)OC[C@H]3NC(=O)c2cn(C)nc2C)no1. The highest BCUT2D eigenvalue weighted by Crippen LogP contribution is 2.35. The van der Waals surface area contributed by atoms with E-state index in [4.69, 9.17) is 32.8 Å². The number of nitrogens with zero attached hydrogens (tertiary/aromatic N) is 4. The van der Waals surface area contributed by atoms with Crippen molar-refractivity contribution in [2.75, 3.05) is 6.61 Å². The summed E-state index contributed by atoms with van der Waals surface area (Å²) in [5, 5.41) is 9.29. The molecule has 0 spiro atoms. The summed E-state index contributed by atoms with van der Waals surface area (Å²) in [4.78, 5) is 16.7. The van der Waals surface area contributed by atoms with Crippen molar-refractivity contribution < 1.29 is 14.1 Å². The van der Waals surface area contributed by atoms with Gasteiger partial charge in [0.15, 0.2) is 0 Å². The summed E-state index contributed by atoms with van der Waals surface area (Å²) in [6.07, 6.45) is 1.69. The molecule has 0 saturated heterocycles. The van der Waals surface area contributed by atoms with Crippen molar-refractivity contribution in [3.8, 4) is 17.1 Å². The van der Waals surface area contributed by atoms with Gasteiger partial charge >= 0.3 is 0 Å². The number of carbonyl (C=O) groups is 1. The van der Waals surface area contributed by atoms with Crippen LogP contribution in [-0.2, 0) is 12.2 Å². The van der Waals surface area contributed by atoms with Gasteiger partial charge in [0.05, 0.1) is 40.8 Å². The van der Waals surface area contributed by atoms with Gasteiger partial charge in [-0.2, -0.15) is 10.1 Å². The molecule has 0 unspecified atom stereocenters. The van der Waals surface area contributed by atoms with Gasteiger partial charge in [-0.1, -0.05) is 22.4 Å². The molecule has 1 atom stereocenters. The molecular weight excluding hydrogens is 355 g/mol. The second-order valence-electron chi connectivity index (χ2n) is 6.75. The van der Waals surface area contributed by atoms with E-state index in [2.05, 4.69) is 20.6 Å². The molecule has 4 rings (SSSR count). The van der Waals surface area contributed by atoms with Crippen molar-refractivity contribution in [2.24, 2.45) is 7.05 Å². The highest BCUT2D eigenvalue weighted by Gasteiger charge is 2.28. The second kappa shape index (κ2) is 6.58. The Labute approximate surface area is 165 Å². The highest BCUT2D eigenvalue weighted by atomic mass is 16.5. The lowest BCUT2D eigenvalue weighted by atomic mass is 9.42. The molecule has 0 bridgehead atoms. The molecule has 2 aromatic heterocycles. The van der Waals surface area contributed by atoms with E-state index in [1.165, 1.54) is 0 Å². The summed E-state index contributed by atoms with van der Waals surface area (Å²) >= 11 is 0. The first-order valence-corrected chi connectivity index (χ1v) is 8.51. The fourth-order valence-corrected chi connectivity index (χ4v) is 3.04. The molecule has 0 fully saturated rings. The first-order chi connectivity index (χ1) is 13.2. The van der Waals surface area contributed by atoms with Crippen LogP contribution in [0.15, 0.2) is 28.9 Å². The maximum absolute atomic E-state index is 12.5. The fraction of sp³-hybridized carbons (Fsp3) is 0.294. The van der Waals surface area contributed by atoms with Crippen molar-refractivity contribution in [3.63, 3.8) is 0 Å². The Hall–Kier alpha value is -2.97. The summed E-state index contributed by atoms with van der Waals surface area (Å²) in [5.74, 6) is 0.618. The predicted octanol–water partition coefficient (Wildman–Crippen LogP) is 0.258. The largest absolute Gasteiger partial charge is 0.491 e. The molecule has 0 saturated carbocycles. The van der Waals surface area contributed by atoms with Gasteiger partial charge in [-0.25, -0.2) is 0 Å². The maximum atomic E-state index is 12.5. The lowest BCUT2D eigenvalue weighted by Gasteiger charge is -2.12. The van der Waals surface area contributed by atoms with Crippen molar-refractivity contribution in [2.45, 2.75) is 18.1 Å². The third kappa shape index (κ3) is 3.32. The molecule has 11 heteroatoms. The van der Waals surface area contributed by atoms with E-state index in [-0.39, 0.29) is 23.7 Å². The zero-order valence-corrected chi connectivity index (χ0v) is 15.3. The summed E-state index contributed by atoms with van der Waals surface area (Å²) in [5.41, 5.74) is 2.69. The van der Waals surface area contributed by atoms with Crippen LogP contribution in [0.2, 0.25) is 0 Å². The smallest absolute Gasteiger partial charge is 0.255 e. The number of hydrogen-bond donors (Lipinski definition) is 1. The first-order valence-electron chi connectivity index (χ1n) is 8.51. The fourth-order valence-electron chi connectivity index (χ4n) is 3.04. The minimum atomic E-state index is -1.71. The average molecular weight is 369 g/mol. The zero-order valence-electron chi connectivity index (χ0n) is 15.3. The van der Waals surface area contributed by atoms with Crippen LogP contribution in [0.1, 0.15) is 33.5 Å². The average Bonchev–Trinajstić information content (AvgIpc) is 3.33. The van der Waals surface area contributed by atoms with Gasteiger partial charge in [-0.15, -0.1) is 0 Å². The Balaban J connectivity index is 1.54. The van der Waals surface area contributed by atoms with Gasteiger partial charge in [0.1, 0.15) is 12.4 Å². The number of hydrogen-bond acceptors (Lipinski definition) is 6. The molecule has 8 nitrogen and oxygen atoms in total. The maximum Gasteiger partial charge on any atom is 0.255 e. The molecule has 0 aliphatic carbocycles. The lowest BCUT2D eigenvalue weighted by Crippen LogP contribution is -2.29. The zero-order chi connectivity index (χ0) is 20.1. The molecule has 1 amide bonds. The van der Waals surface area contributed by atoms with Gasteiger partial charge in [-0.3, -0.25) is 9.48 Å². The van der Waals surface area contributed by atoms with Crippen LogP contribution < -0.4 is 10.1 Å². The summed E-state index contributed by atoms with van der Waals surface area (Å²) in [6.45, 7) is 2.11. The minimum Gasteiger partial charge on any atom is -0.491 e. The van der Waals surface area contributed by atoms with E-state index in [9.17, 15) is 4.79 Å². The second-order valence-corrected chi connectivity index (χ2v) is 6.75. The van der Waals surface area contributed by atoms with Crippen molar-refractivity contribution >= 4 is 29.4 Å². The minimum absolute atomic E-state index is 0.0825. The number of carbonyl (C=O) groups excluding carboxylic acids is 1. The number of aromatic nitrogens is 4. The lowest BCUT2D eigenvalue weighted by molar-refractivity contribution is 0.0929. The quantitative estimate of drug-likeness (QED) is 0.664. The molecule has 1 aliphatic rings. The first kappa shape index (κ1) is 18.4. The number of aryl methyl sites for hydroxylation is 2. The molecule has 1 aromatic carbocycles. The van der Waals surface area contributed by atoms with E-state index in [1.54, 1.807) is 37.0 Å². The molecule has 1 aliphatic heterocycles. The van der Waals surface area contributed by atoms with Crippen LogP contribution in [0, 0.1) is 6.92 Å². The standard InChI is InChI=1S/C17H14B3N5O3/c1-8-11(6-25(2)23-8)15(26)21-12-7-27-13-5-9(3-4-10(12)13)14-22-16(28-24-14)17(18,19)20/h3-6,12H,7H2,1-2H3,(H,21,26)/t12-/m1/s1. The third-order valence-electron chi connectivity index (χ3n) is 4.41. The van der Waals surface area contributed by atoms with Gasteiger partial charge in [0.2, 0.25) is 11.7 Å². The number of rotatable bonds is 4. The van der Waals surface area contributed by atoms with Gasteiger partial charge in [-0.05, 0) is 13.0 Å². The molecular formula is C17H14B3N5O3. The Kier molecular flexibility index (Phi) is 4.32. The van der Waals surface area contributed by atoms with Crippen molar-refractivity contribution in [3.05, 3.63) is 47.1 Å². The number of benzene rings is 1. The van der Waals surface area contributed by atoms with Crippen LogP contribution in [0.4, 0.5) is 0 Å². The van der Waals surface area contributed by atoms with Crippen LogP contribution in [-0.4, -0.2) is 56.0 Å². The summed E-state index contributed by atoms with van der Waals surface area (Å²) < 4.78 is 12.3. The van der Waals surface area contributed by atoms with Crippen molar-refractivity contribution in [1.82, 2.24) is 25.2 Å². The number of fused-ring (bicyclic) bond motifs is 1. The summed E-state index contributed by atoms with van der Waals surface area (Å²) in [6, 6.07) is 5.12. The van der Waals surface area contributed by atoms with Crippen LogP contribution in [0.3, 0.4) is 0 Å². The van der Waals surface area contributed by atoms with Gasteiger partial charge in [0.25, 0.3) is 5.91 Å². The molecule has 134 valence electrons. The predicted molar refractivity (Wildman–Crippen MR) is 102 cm³/mol. The molecule has 28 heavy (non-hydrogen) atoms. The summed E-state index contributed by atoms with van der Waals surface area (Å²) in [7, 11) is 18.4.